The number of anilines is 1. The highest BCUT2D eigenvalue weighted by Crippen LogP contribution is 2.30. The van der Waals surface area contributed by atoms with Crippen LogP contribution in [-0.4, -0.2) is 8.42 Å². The zero-order valence-electron chi connectivity index (χ0n) is 10.3. The maximum absolute atomic E-state index is 12.4. The van der Waals surface area contributed by atoms with Crippen molar-refractivity contribution < 1.29 is 8.42 Å². The molecule has 1 N–H and O–H groups in total. The molecule has 8 heteroatoms. The summed E-state index contributed by atoms with van der Waals surface area (Å²) in [4.78, 5) is 0.127. The van der Waals surface area contributed by atoms with Gasteiger partial charge in [-0.2, -0.15) is 5.26 Å². The van der Waals surface area contributed by atoms with E-state index in [0.717, 1.165) is 4.47 Å². The van der Waals surface area contributed by atoms with Crippen molar-refractivity contribution in [3.05, 3.63) is 55.4 Å². The van der Waals surface area contributed by atoms with Gasteiger partial charge >= 0.3 is 0 Å². The maximum atomic E-state index is 12.4. The van der Waals surface area contributed by atoms with Gasteiger partial charge in [0.15, 0.2) is 0 Å². The molecule has 0 aliphatic carbocycles. The summed E-state index contributed by atoms with van der Waals surface area (Å²) in [5.74, 6) is 0. The van der Waals surface area contributed by atoms with Crippen LogP contribution in [0.5, 0.6) is 0 Å². The van der Waals surface area contributed by atoms with Crippen LogP contribution < -0.4 is 4.72 Å². The van der Waals surface area contributed by atoms with Crippen LogP contribution in [0.15, 0.2) is 54.7 Å². The molecule has 0 aliphatic rings. The highest BCUT2D eigenvalue weighted by molar-refractivity contribution is 9.11. The van der Waals surface area contributed by atoms with Gasteiger partial charge in [-0.3, -0.25) is 4.72 Å². The molecule has 0 unspecified atom stereocenters. The van der Waals surface area contributed by atoms with Crippen LogP contribution in [0, 0.1) is 11.3 Å². The van der Waals surface area contributed by atoms with Crippen molar-refractivity contribution in [3.63, 3.8) is 0 Å². The predicted molar refractivity (Wildman–Crippen MR) is 91.5 cm³/mol. The monoisotopic (exact) mass is 492 g/mol. The molecule has 0 heterocycles. The third-order valence-electron chi connectivity index (χ3n) is 2.53. The second-order valence-corrected chi connectivity index (χ2v) is 8.26. The van der Waals surface area contributed by atoms with Crippen LogP contribution in [0.25, 0.3) is 0 Å². The zero-order valence-corrected chi connectivity index (χ0v) is 15.8. The molecule has 0 radical (unpaired) electrons. The molecule has 2 aromatic carbocycles. The number of hydrogen-bond acceptors (Lipinski definition) is 3. The first-order valence-corrected chi connectivity index (χ1v) is 9.37. The number of nitrogens with zero attached hydrogens (tertiary/aromatic N) is 1. The summed E-state index contributed by atoms with van der Waals surface area (Å²) < 4.78 is 29.0. The van der Waals surface area contributed by atoms with Gasteiger partial charge in [-0.1, -0.05) is 15.9 Å². The van der Waals surface area contributed by atoms with Gasteiger partial charge in [-0.25, -0.2) is 8.42 Å². The molecule has 21 heavy (non-hydrogen) atoms. The summed E-state index contributed by atoms with van der Waals surface area (Å²) in [5.41, 5.74) is 0.804. The summed E-state index contributed by atoms with van der Waals surface area (Å²) in [5, 5.41) is 8.81. The Balaban J connectivity index is 2.40. The van der Waals surface area contributed by atoms with Gasteiger partial charge in [0.2, 0.25) is 0 Å². The van der Waals surface area contributed by atoms with Crippen LogP contribution in [0.4, 0.5) is 5.69 Å². The number of halogens is 3. The predicted octanol–water partition coefficient (Wildman–Crippen LogP) is 4.65. The lowest BCUT2D eigenvalue weighted by Gasteiger charge is -2.11. The average molecular weight is 495 g/mol. The molecule has 0 aromatic heterocycles. The Kier molecular flexibility index (Phi) is 5.09. The van der Waals surface area contributed by atoms with Crippen LogP contribution in [0.1, 0.15) is 5.56 Å². The molecule has 4 nitrogen and oxygen atoms in total. The first kappa shape index (κ1) is 16.5. The lowest BCUT2D eigenvalue weighted by molar-refractivity contribution is 0.600. The Morgan fingerprint density at radius 3 is 2.29 bits per heavy atom. The van der Waals surface area contributed by atoms with E-state index in [9.17, 15) is 8.42 Å². The first-order valence-electron chi connectivity index (χ1n) is 5.51. The number of nitrogens with one attached hydrogen (secondary N) is 1. The fourth-order valence-corrected chi connectivity index (χ4v) is 5.00. The Bertz CT molecular complexity index is 845. The molecule has 2 rings (SSSR count). The first-order chi connectivity index (χ1) is 9.83. The van der Waals surface area contributed by atoms with Gasteiger partial charge in [-0.05, 0) is 68.3 Å². The van der Waals surface area contributed by atoms with E-state index in [1.165, 1.54) is 12.1 Å². The molecule has 0 spiro atoms. The second kappa shape index (κ2) is 6.48. The van der Waals surface area contributed by atoms with Crippen LogP contribution in [0.3, 0.4) is 0 Å². The number of hydrogen-bond donors (Lipinski definition) is 1. The molecular formula is C13H7Br3N2O2S. The minimum atomic E-state index is -3.73. The Hall–Kier alpha value is -0.880. The number of sulfonamides is 1. The summed E-state index contributed by atoms with van der Waals surface area (Å²) >= 11 is 9.75. The third-order valence-corrected chi connectivity index (χ3v) is 6.02. The van der Waals surface area contributed by atoms with Crippen molar-refractivity contribution in [2.75, 3.05) is 4.72 Å². The van der Waals surface area contributed by atoms with Gasteiger partial charge in [0.25, 0.3) is 10.0 Å². The minimum absolute atomic E-state index is 0.127. The second-order valence-electron chi connectivity index (χ2n) is 3.99. The molecule has 2 aromatic rings. The van der Waals surface area contributed by atoms with E-state index in [1.807, 2.05) is 6.07 Å². The lowest BCUT2D eigenvalue weighted by Crippen LogP contribution is -2.14. The van der Waals surface area contributed by atoms with E-state index in [4.69, 9.17) is 5.26 Å². The molecule has 0 bridgehead atoms. The number of benzene rings is 2. The van der Waals surface area contributed by atoms with E-state index < -0.39 is 10.0 Å². The molecule has 0 amide bonds. The van der Waals surface area contributed by atoms with E-state index in [0.29, 0.717) is 20.2 Å². The average Bonchev–Trinajstić information content (AvgIpc) is 2.40. The lowest BCUT2D eigenvalue weighted by atomic mass is 10.2. The van der Waals surface area contributed by atoms with Gasteiger partial charge < -0.3 is 0 Å². The van der Waals surface area contributed by atoms with Crippen LogP contribution in [-0.2, 0) is 10.0 Å². The van der Waals surface area contributed by atoms with Crippen molar-refractivity contribution in [2.45, 2.75) is 4.90 Å². The minimum Gasteiger partial charge on any atom is -0.278 e. The summed E-state index contributed by atoms with van der Waals surface area (Å²) in [6.07, 6.45) is 0. The van der Waals surface area contributed by atoms with Gasteiger partial charge in [0.05, 0.1) is 17.3 Å². The van der Waals surface area contributed by atoms with Crippen LogP contribution in [0.2, 0.25) is 0 Å². The molecule has 0 saturated carbocycles. The van der Waals surface area contributed by atoms with Gasteiger partial charge in [-0.15, -0.1) is 0 Å². The van der Waals surface area contributed by atoms with Gasteiger partial charge in [0, 0.05) is 13.4 Å². The molecule has 0 atom stereocenters. The number of rotatable bonds is 3. The largest absolute Gasteiger partial charge is 0.278 e. The fourth-order valence-electron chi connectivity index (χ4n) is 1.56. The van der Waals surface area contributed by atoms with E-state index >= 15 is 0 Å². The molecule has 0 fully saturated rings. The molecule has 0 saturated heterocycles. The fraction of sp³-hybridized carbons (Fsp3) is 0. The van der Waals surface area contributed by atoms with E-state index in [2.05, 4.69) is 52.5 Å². The topological polar surface area (TPSA) is 70.0 Å². The zero-order chi connectivity index (χ0) is 15.6. The molecule has 108 valence electrons. The van der Waals surface area contributed by atoms with E-state index in [1.54, 1.807) is 24.3 Å². The molecule has 0 aliphatic heterocycles. The highest BCUT2D eigenvalue weighted by atomic mass is 79.9. The van der Waals surface area contributed by atoms with Crippen LogP contribution >= 0.6 is 47.8 Å². The van der Waals surface area contributed by atoms with Gasteiger partial charge in [0.1, 0.15) is 4.90 Å². The number of nitriles is 1. The highest BCUT2D eigenvalue weighted by Gasteiger charge is 2.19. The van der Waals surface area contributed by atoms with E-state index in [-0.39, 0.29) is 4.90 Å². The molecular weight excluding hydrogens is 488 g/mol. The van der Waals surface area contributed by atoms with Crippen molar-refractivity contribution in [3.8, 4) is 6.07 Å². The summed E-state index contributed by atoms with van der Waals surface area (Å²) in [6, 6.07) is 11.4. The quantitative estimate of drug-likeness (QED) is 0.675. The summed E-state index contributed by atoms with van der Waals surface area (Å²) in [6.45, 7) is 0. The van der Waals surface area contributed by atoms with Crippen molar-refractivity contribution in [2.24, 2.45) is 0 Å². The Morgan fingerprint density at radius 1 is 1.00 bits per heavy atom. The smallest absolute Gasteiger partial charge is 0.263 e. The Morgan fingerprint density at radius 2 is 1.71 bits per heavy atom. The standard InChI is InChI=1S/C13H7Br3N2O2S/c14-9-2-4-13(11(16)6-9)21(19,20)18-12-3-1-8(7-17)5-10(12)15/h1-6,18H. The maximum Gasteiger partial charge on any atom is 0.263 e. The summed E-state index contributed by atoms with van der Waals surface area (Å²) in [7, 11) is -3.73. The van der Waals surface area contributed by atoms with Crippen molar-refractivity contribution >= 4 is 63.5 Å². The van der Waals surface area contributed by atoms with Crippen molar-refractivity contribution in [1.29, 1.82) is 5.26 Å². The van der Waals surface area contributed by atoms with Crippen molar-refractivity contribution in [1.82, 2.24) is 0 Å². The normalized spacial score (nSPS) is 11.0. The SMILES string of the molecule is N#Cc1ccc(NS(=O)(=O)c2ccc(Br)cc2Br)c(Br)c1. The Labute approximate surface area is 147 Å². The third kappa shape index (κ3) is 3.86.